The molecule has 2 N–H and O–H groups in total. The van der Waals surface area contributed by atoms with E-state index in [-0.39, 0.29) is 24.0 Å². The van der Waals surface area contributed by atoms with Crippen LogP contribution in [0.5, 0.6) is 0 Å². The van der Waals surface area contributed by atoms with Gasteiger partial charge in [-0.2, -0.15) is 11.8 Å². The van der Waals surface area contributed by atoms with E-state index < -0.39 is 0 Å². The smallest absolute Gasteiger partial charge is 0.191 e. The fourth-order valence-electron chi connectivity index (χ4n) is 2.45. The summed E-state index contributed by atoms with van der Waals surface area (Å²) >= 11 is 1.90. The Balaban J connectivity index is 0.00000576. The lowest BCUT2D eigenvalue weighted by Crippen LogP contribution is -2.37. The predicted octanol–water partition coefficient (Wildman–Crippen LogP) is 3.95. The highest BCUT2D eigenvalue weighted by Crippen LogP contribution is 2.07. The Morgan fingerprint density at radius 1 is 1.04 bits per heavy atom. The summed E-state index contributed by atoms with van der Waals surface area (Å²) in [5.41, 5.74) is 2.65. The Morgan fingerprint density at radius 3 is 2.24 bits per heavy atom. The van der Waals surface area contributed by atoms with Gasteiger partial charge in [0.1, 0.15) is 0 Å². The molecule has 0 fully saturated rings. The monoisotopic (exact) mass is 478 g/mol. The fraction of sp³-hybridized carbons (Fsp3) is 0.632. The summed E-state index contributed by atoms with van der Waals surface area (Å²) in [6.07, 6.45) is 4.59. The molecule has 0 aromatic heterocycles. The van der Waals surface area contributed by atoms with Crippen molar-refractivity contribution in [3.63, 3.8) is 0 Å². The van der Waals surface area contributed by atoms with Gasteiger partial charge in [-0.15, -0.1) is 24.0 Å². The van der Waals surface area contributed by atoms with E-state index in [2.05, 4.69) is 64.9 Å². The van der Waals surface area contributed by atoms with Crippen LogP contribution in [0, 0.1) is 0 Å². The molecule has 4 nitrogen and oxygen atoms in total. The van der Waals surface area contributed by atoms with E-state index in [9.17, 15) is 0 Å². The summed E-state index contributed by atoms with van der Waals surface area (Å²) in [7, 11) is 1.82. The van der Waals surface area contributed by atoms with Gasteiger partial charge in [-0.25, -0.2) is 0 Å². The lowest BCUT2D eigenvalue weighted by atomic mass is 10.1. The fourth-order valence-corrected chi connectivity index (χ4v) is 2.95. The number of nitrogens with one attached hydrogen (secondary N) is 2. The number of thioether (sulfide) groups is 1. The summed E-state index contributed by atoms with van der Waals surface area (Å²) in [6, 6.07) is 8.87. The first-order valence-electron chi connectivity index (χ1n) is 8.97. The Labute approximate surface area is 175 Å². The van der Waals surface area contributed by atoms with Crippen molar-refractivity contribution in [1.29, 1.82) is 0 Å². The maximum Gasteiger partial charge on any atom is 0.191 e. The predicted molar refractivity (Wildman–Crippen MR) is 124 cm³/mol. The topological polar surface area (TPSA) is 39.7 Å². The Kier molecular flexibility index (Phi) is 15.5. The third-order valence-corrected chi connectivity index (χ3v) is 4.77. The second kappa shape index (κ2) is 15.8. The number of halogens is 1. The van der Waals surface area contributed by atoms with Crippen LogP contribution in [0.25, 0.3) is 0 Å². The maximum absolute atomic E-state index is 4.28. The van der Waals surface area contributed by atoms with Crippen molar-refractivity contribution in [2.75, 3.05) is 38.7 Å². The van der Waals surface area contributed by atoms with E-state index in [1.54, 1.807) is 0 Å². The van der Waals surface area contributed by atoms with Crippen LogP contribution in [0.3, 0.4) is 0 Å². The molecule has 0 amide bonds. The van der Waals surface area contributed by atoms with Gasteiger partial charge in [0.25, 0.3) is 0 Å². The minimum Gasteiger partial charge on any atom is -0.356 e. The van der Waals surface area contributed by atoms with Crippen LogP contribution >= 0.6 is 35.7 Å². The van der Waals surface area contributed by atoms with E-state index in [4.69, 9.17) is 0 Å². The molecule has 0 unspecified atom stereocenters. The van der Waals surface area contributed by atoms with Crippen LogP contribution in [0.1, 0.15) is 37.8 Å². The van der Waals surface area contributed by atoms with E-state index in [0.29, 0.717) is 0 Å². The number of nitrogens with zero attached hydrogens (tertiary/aromatic N) is 2. The second-order valence-corrected chi connectivity index (χ2v) is 6.82. The zero-order valence-corrected chi connectivity index (χ0v) is 19.3. The van der Waals surface area contributed by atoms with E-state index in [1.807, 2.05) is 18.8 Å². The van der Waals surface area contributed by atoms with Gasteiger partial charge in [-0.05, 0) is 49.1 Å². The molecule has 0 aliphatic heterocycles. The number of guanidine groups is 1. The van der Waals surface area contributed by atoms with E-state index in [0.717, 1.165) is 38.7 Å². The summed E-state index contributed by atoms with van der Waals surface area (Å²) < 4.78 is 0. The van der Waals surface area contributed by atoms with Crippen LogP contribution < -0.4 is 10.6 Å². The van der Waals surface area contributed by atoms with Crippen molar-refractivity contribution in [2.45, 2.75) is 39.8 Å². The molecule has 1 aromatic rings. The molecule has 144 valence electrons. The number of aliphatic imine (C=N–C) groups is 1. The van der Waals surface area contributed by atoms with Gasteiger partial charge in [0.15, 0.2) is 5.96 Å². The Hall–Kier alpha value is -0.470. The van der Waals surface area contributed by atoms with Gasteiger partial charge in [0, 0.05) is 26.7 Å². The Morgan fingerprint density at radius 2 is 1.68 bits per heavy atom. The summed E-state index contributed by atoms with van der Waals surface area (Å²) in [5.74, 6) is 2.11. The van der Waals surface area contributed by atoms with E-state index >= 15 is 0 Å². The van der Waals surface area contributed by atoms with Crippen LogP contribution in [0.4, 0.5) is 0 Å². The van der Waals surface area contributed by atoms with E-state index in [1.165, 1.54) is 29.7 Å². The van der Waals surface area contributed by atoms with Crippen LogP contribution in [0.15, 0.2) is 29.3 Å². The lowest BCUT2D eigenvalue weighted by molar-refractivity contribution is 0.296. The molecule has 1 aromatic carbocycles. The molecule has 0 radical (unpaired) electrons. The molecule has 25 heavy (non-hydrogen) atoms. The van der Waals surface area contributed by atoms with Gasteiger partial charge in [0.2, 0.25) is 0 Å². The van der Waals surface area contributed by atoms with Crippen LogP contribution in [-0.4, -0.2) is 49.6 Å². The molecule has 6 heteroatoms. The summed E-state index contributed by atoms with van der Waals surface area (Å²) in [5, 5.41) is 6.76. The van der Waals surface area contributed by atoms with Gasteiger partial charge >= 0.3 is 0 Å². The number of hydrogen-bond acceptors (Lipinski definition) is 3. The third kappa shape index (κ3) is 11.0. The van der Waals surface area contributed by atoms with Crippen molar-refractivity contribution >= 4 is 41.7 Å². The molecule has 1 rings (SSSR count). The van der Waals surface area contributed by atoms with Gasteiger partial charge < -0.3 is 10.6 Å². The van der Waals surface area contributed by atoms with Crippen molar-refractivity contribution in [3.05, 3.63) is 35.4 Å². The van der Waals surface area contributed by atoms with Crippen LogP contribution in [0.2, 0.25) is 0 Å². The number of hydrogen-bond donors (Lipinski definition) is 2. The first-order chi connectivity index (χ1) is 11.7. The molecular formula is C19H35IN4S. The highest BCUT2D eigenvalue weighted by Gasteiger charge is 2.02. The molecule has 0 saturated carbocycles. The largest absolute Gasteiger partial charge is 0.356 e. The van der Waals surface area contributed by atoms with Crippen molar-refractivity contribution in [3.8, 4) is 0 Å². The average molecular weight is 478 g/mol. The highest BCUT2D eigenvalue weighted by molar-refractivity contribution is 14.0. The van der Waals surface area contributed by atoms with Gasteiger partial charge in [-0.3, -0.25) is 9.89 Å². The SMILES string of the molecule is CCN(CC)Cc1ccc(CNC(=NC)NCCCCSC)cc1.I. The quantitative estimate of drug-likeness (QED) is 0.219. The molecule has 0 heterocycles. The zero-order valence-electron chi connectivity index (χ0n) is 16.2. The normalized spacial score (nSPS) is 11.3. The summed E-state index contributed by atoms with van der Waals surface area (Å²) in [4.78, 5) is 6.71. The first kappa shape index (κ1) is 24.5. The lowest BCUT2D eigenvalue weighted by Gasteiger charge is -2.18. The summed E-state index contributed by atoms with van der Waals surface area (Å²) in [6.45, 7) is 9.42. The molecule has 0 saturated heterocycles. The molecule has 0 atom stereocenters. The Bertz CT molecular complexity index is 461. The average Bonchev–Trinajstić information content (AvgIpc) is 2.63. The minimum atomic E-state index is 0. The van der Waals surface area contributed by atoms with Crippen molar-refractivity contribution in [1.82, 2.24) is 15.5 Å². The first-order valence-corrected chi connectivity index (χ1v) is 10.4. The maximum atomic E-state index is 4.28. The number of rotatable bonds is 11. The molecule has 0 bridgehead atoms. The molecule has 0 aliphatic carbocycles. The molecule has 0 aliphatic rings. The minimum absolute atomic E-state index is 0. The third-order valence-electron chi connectivity index (χ3n) is 4.07. The highest BCUT2D eigenvalue weighted by atomic mass is 127. The van der Waals surface area contributed by atoms with Gasteiger partial charge in [-0.1, -0.05) is 38.1 Å². The molecule has 0 spiro atoms. The second-order valence-electron chi connectivity index (χ2n) is 5.83. The van der Waals surface area contributed by atoms with Gasteiger partial charge in [0.05, 0.1) is 0 Å². The zero-order chi connectivity index (χ0) is 17.6. The number of benzene rings is 1. The van der Waals surface area contributed by atoms with Crippen LogP contribution in [-0.2, 0) is 13.1 Å². The van der Waals surface area contributed by atoms with Crippen molar-refractivity contribution in [2.24, 2.45) is 4.99 Å². The standard InChI is InChI=1S/C19H34N4S.HI/c1-5-23(6-2)16-18-11-9-17(10-12-18)15-22-19(20-3)21-13-7-8-14-24-4;/h9-12H,5-8,13-16H2,1-4H3,(H2,20,21,22);1H. The van der Waals surface area contributed by atoms with Crippen molar-refractivity contribution < 1.29 is 0 Å². The number of unbranched alkanes of at least 4 members (excludes halogenated alkanes) is 1. The molecular weight excluding hydrogens is 443 g/mol.